The van der Waals surface area contributed by atoms with E-state index < -0.39 is 0 Å². The predicted octanol–water partition coefficient (Wildman–Crippen LogP) is 2.02. The lowest BCUT2D eigenvalue weighted by atomic mass is 10.4. The second kappa shape index (κ2) is 4.62. The first-order chi connectivity index (χ1) is 6.13. The van der Waals surface area contributed by atoms with Gasteiger partial charge in [-0.3, -0.25) is 4.79 Å². The zero-order valence-electron chi connectivity index (χ0n) is 7.63. The van der Waals surface area contributed by atoms with Gasteiger partial charge >= 0.3 is 0 Å². The fraction of sp³-hybridized carbons (Fsp3) is 0.500. The molecule has 72 valence electrons. The van der Waals surface area contributed by atoms with Crippen molar-refractivity contribution in [1.82, 2.24) is 4.98 Å². The van der Waals surface area contributed by atoms with Gasteiger partial charge in [-0.15, -0.1) is 11.3 Å². The van der Waals surface area contributed by atoms with Crippen molar-refractivity contribution in [2.24, 2.45) is 0 Å². The first kappa shape index (κ1) is 10.5. The Morgan fingerprint density at radius 3 is 2.77 bits per heavy atom. The molecule has 0 aliphatic carbocycles. The fourth-order valence-corrected chi connectivity index (χ4v) is 1.84. The Kier molecular flexibility index (Phi) is 3.74. The highest BCUT2D eigenvalue weighted by molar-refractivity contribution is 7.80. The van der Waals surface area contributed by atoms with E-state index >= 15 is 0 Å². The summed E-state index contributed by atoms with van der Waals surface area (Å²) in [5.41, 5.74) is 0.978. The van der Waals surface area contributed by atoms with E-state index in [1.165, 1.54) is 11.3 Å². The van der Waals surface area contributed by atoms with E-state index in [1.807, 2.05) is 13.8 Å². The number of carbonyl (C=O) groups excluding carboxylic acids is 1. The molecule has 0 aromatic carbocycles. The molecule has 13 heavy (non-hydrogen) atoms. The first-order valence-electron chi connectivity index (χ1n) is 3.98. The lowest BCUT2D eigenvalue weighted by Crippen LogP contribution is -2.11. The molecule has 0 radical (unpaired) electrons. The van der Waals surface area contributed by atoms with Crippen LogP contribution in [-0.2, 0) is 4.79 Å². The van der Waals surface area contributed by atoms with Crippen LogP contribution < -0.4 is 5.32 Å². The van der Waals surface area contributed by atoms with Gasteiger partial charge in [-0.25, -0.2) is 4.98 Å². The summed E-state index contributed by atoms with van der Waals surface area (Å²) in [7, 11) is 0. The van der Waals surface area contributed by atoms with Crippen LogP contribution in [0.4, 0.5) is 5.13 Å². The summed E-state index contributed by atoms with van der Waals surface area (Å²) in [4.78, 5) is 16.5. The van der Waals surface area contributed by atoms with E-state index in [0.29, 0.717) is 17.3 Å². The Hall–Kier alpha value is -0.550. The summed E-state index contributed by atoms with van der Waals surface area (Å²) in [6.45, 7) is 3.92. The van der Waals surface area contributed by atoms with Crippen LogP contribution in [0.25, 0.3) is 0 Å². The number of rotatable bonds is 3. The number of thiazole rings is 1. The third-order valence-corrected chi connectivity index (χ3v) is 2.83. The van der Waals surface area contributed by atoms with E-state index in [2.05, 4.69) is 22.9 Å². The molecular weight excluding hydrogens is 204 g/mol. The molecule has 1 N–H and O–H groups in total. The Labute approximate surface area is 87.0 Å². The van der Waals surface area contributed by atoms with Crippen LogP contribution in [0.1, 0.15) is 17.0 Å². The molecule has 0 aliphatic heterocycles. The minimum Gasteiger partial charge on any atom is -0.302 e. The zero-order chi connectivity index (χ0) is 9.84. The molecule has 1 aromatic rings. The van der Waals surface area contributed by atoms with Crippen molar-refractivity contribution in [1.29, 1.82) is 0 Å². The second-order valence-corrected chi connectivity index (χ2v) is 4.33. The fourth-order valence-electron chi connectivity index (χ4n) is 0.810. The number of aryl methyl sites for hydroxylation is 2. The third kappa shape index (κ3) is 3.00. The SMILES string of the molecule is Cc1nc(NC(=O)CCS)sc1C. The second-order valence-electron chi connectivity index (χ2n) is 2.68. The number of thiol groups is 1. The minimum atomic E-state index is -0.0243. The van der Waals surface area contributed by atoms with Crippen LogP contribution in [0.5, 0.6) is 0 Å². The van der Waals surface area contributed by atoms with E-state index in [9.17, 15) is 4.79 Å². The topological polar surface area (TPSA) is 42.0 Å². The number of carbonyl (C=O) groups is 1. The van der Waals surface area contributed by atoms with Gasteiger partial charge in [0.05, 0.1) is 5.69 Å². The van der Waals surface area contributed by atoms with Gasteiger partial charge in [0.15, 0.2) is 5.13 Å². The van der Waals surface area contributed by atoms with Gasteiger partial charge in [0.1, 0.15) is 0 Å². The molecule has 0 unspecified atom stereocenters. The maximum atomic E-state index is 11.1. The Bertz CT molecular complexity index is 290. The van der Waals surface area contributed by atoms with E-state index in [1.54, 1.807) is 0 Å². The van der Waals surface area contributed by atoms with Gasteiger partial charge < -0.3 is 5.32 Å². The highest BCUT2D eigenvalue weighted by atomic mass is 32.1. The minimum absolute atomic E-state index is 0.0243. The largest absolute Gasteiger partial charge is 0.302 e. The van der Waals surface area contributed by atoms with Crippen LogP contribution in [0.15, 0.2) is 0 Å². The maximum absolute atomic E-state index is 11.1. The number of amides is 1. The standard InChI is InChI=1S/C8H12N2OS2/c1-5-6(2)13-8(9-5)10-7(11)3-4-12/h12H,3-4H2,1-2H3,(H,9,10,11). The van der Waals surface area contributed by atoms with Crippen molar-refractivity contribution in [3.05, 3.63) is 10.6 Å². The average molecular weight is 216 g/mol. The quantitative estimate of drug-likeness (QED) is 0.759. The number of hydrogen-bond donors (Lipinski definition) is 2. The average Bonchev–Trinajstić information content (AvgIpc) is 2.31. The summed E-state index contributed by atoms with van der Waals surface area (Å²) in [5.74, 6) is 0.540. The number of hydrogen-bond acceptors (Lipinski definition) is 4. The lowest BCUT2D eigenvalue weighted by Gasteiger charge is -1.97. The highest BCUT2D eigenvalue weighted by Gasteiger charge is 2.06. The van der Waals surface area contributed by atoms with E-state index in [0.717, 1.165) is 10.6 Å². The molecule has 0 saturated carbocycles. The number of aromatic nitrogens is 1. The molecule has 0 saturated heterocycles. The lowest BCUT2D eigenvalue weighted by molar-refractivity contribution is -0.115. The Morgan fingerprint density at radius 2 is 2.31 bits per heavy atom. The van der Waals surface area contributed by atoms with Gasteiger partial charge in [0.2, 0.25) is 5.91 Å². The number of anilines is 1. The van der Waals surface area contributed by atoms with Crippen molar-refractivity contribution >= 4 is 35.0 Å². The van der Waals surface area contributed by atoms with Gasteiger partial charge in [0, 0.05) is 11.3 Å². The Morgan fingerprint density at radius 1 is 1.62 bits per heavy atom. The molecule has 0 spiro atoms. The summed E-state index contributed by atoms with van der Waals surface area (Å²) in [5, 5.41) is 3.41. The molecule has 1 amide bonds. The van der Waals surface area contributed by atoms with E-state index in [-0.39, 0.29) is 5.91 Å². The van der Waals surface area contributed by atoms with Crippen LogP contribution in [0, 0.1) is 13.8 Å². The van der Waals surface area contributed by atoms with Crippen molar-refractivity contribution in [3.8, 4) is 0 Å². The van der Waals surface area contributed by atoms with Crippen LogP contribution >= 0.6 is 24.0 Å². The first-order valence-corrected chi connectivity index (χ1v) is 5.43. The van der Waals surface area contributed by atoms with Crippen LogP contribution in [0.3, 0.4) is 0 Å². The summed E-state index contributed by atoms with van der Waals surface area (Å²) >= 11 is 5.47. The molecule has 1 heterocycles. The van der Waals surface area contributed by atoms with Crippen molar-refractivity contribution in [2.45, 2.75) is 20.3 Å². The molecule has 0 fully saturated rings. The van der Waals surface area contributed by atoms with Crippen molar-refractivity contribution in [2.75, 3.05) is 11.1 Å². The molecule has 0 aliphatic rings. The summed E-state index contributed by atoms with van der Waals surface area (Å²) in [6, 6.07) is 0. The molecule has 1 aromatic heterocycles. The van der Waals surface area contributed by atoms with Crippen LogP contribution in [0.2, 0.25) is 0 Å². The van der Waals surface area contributed by atoms with Crippen molar-refractivity contribution in [3.63, 3.8) is 0 Å². The third-order valence-electron chi connectivity index (χ3n) is 1.61. The maximum Gasteiger partial charge on any atom is 0.226 e. The van der Waals surface area contributed by atoms with Gasteiger partial charge in [-0.1, -0.05) is 0 Å². The zero-order valence-corrected chi connectivity index (χ0v) is 9.34. The number of nitrogens with zero attached hydrogens (tertiary/aromatic N) is 1. The highest BCUT2D eigenvalue weighted by Crippen LogP contribution is 2.20. The molecule has 0 bridgehead atoms. The normalized spacial score (nSPS) is 10.1. The van der Waals surface area contributed by atoms with Crippen molar-refractivity contribution < 1.29 is 4.79 Å². The predicted molar refractivity (Wildman–Crippen MR) is 58.7 cm³/mol. The Balaban J connectivity index is 2.59. The monoisotopic (exact) mass is 216 g/mol. The molecule has 1 rings (SSSR count). The smallest absolute Gasteiger partial charge is 0.226 e. The van der Waals surface area contributed by atoms with Gasteiger partial charge in [0.25, 0.3) is 0 Å². The summed E-state index contributed by atoms with van der Waals surface area (Å²) < 4.78 is 0. The molecule has 0 atom stereocenters. The van der Waals surface area contributed by atoms with Gasteiger partial charge in [-0.05, 0) is 19.6 Å². The molecular formula is C8H12N2OS2. The van der Waals surface area contributed by atoms with E-state index in [4.69, 9.17) is 0 Å². The summed E-state index contributed by atoms with van der Waals surface area (Å²) in [6.07, 6.45) is 0.431. The number of nitrogens with one attached hydrogen (secondary N) is 1. The van der Waals surface area contributed by atoms with Crippen LogP contribution in [-0.4, -0.2) is 16.6 Å². The molecule has 3 nitrogen and oxygen atoms in total. The van der Waals surface area contributed by atoms with Gasteiger partial charge in [-0.2, -0.15) is 12.6 Å². The molecule has 5 heteroatoms.